The summed E-state index contributed by atoms with van der Waals surface area (Å²) in [6, 6.07) is 10.9. The Morgan fingerprint density at radius 2 is 2.00 bits per heavy atom. The van der Waals surface area contributed by atoms with Crippen molar-refractivity contribution in [2.24, 2.45) is 11.7 Å². The van der Waals surface area contributed by atoms with Crippen molar-refractivity contribution in [1.29, 1.82) is 0 Å². The van der Waals surface area contributed by atoms with Crippen LogP contribution in [0.25, 0.3) is 0 Å². The Balaban J connectivity index is 0.00000200. The molecule has 1 aromatic carbocycles. The van der Waals surface area contributed by atoms with Gasteiger partial charge in [-0.1, -0.05) is 36.8 Å². The molecule has 0 aliphatic heterocycles. The Bertz CT molecular complexity index is 397. The summed E-state index contributed by atoms with van der Waals surface area (Å²) in [5.74, 6) is 0.750. The van der Waals surface area contributed by atoms with Crippen molar-refractivity contribution in [1.82, 2.24) is 5.32 Å². The summed E-state index contributed by atoms with van der Waals surface area (Å²) in [7, 11) is 0. The molecule has 0 spiro atoms. The van der Waals surface area contributed by atoms with Gasteiger partial charge in [0, 0.05) is 12.5 Å². The number of hydrogen-bond acceptors (Lipinski definition) is 2. The quantitative estimate of drug-likeness (QED) is 0.848. The van der Waals surface area contributed by atoms with Crippen LogP contribution in [0.1, 0.15) is 37.7 Å². The molecule has 112 valence electrons. The molecule has 1 amide bonds. The predicted molar refractivity (Wildman–Crippen MR) is 85.0 cm³/mol. The van der Waals surface area contributed by atoms with Crippen molar-refractivity contribution >= 4 is 18.3 Å². The van der Waals surface area contributed by atoms with Gasteiger partial charge in [0.05, 0.1) is 0 Å². The van der Waals surface area contributed by atoms with Gasteiger partial charge in [-0.3, -0.25) is 4.79 Å². The second-order valence-electron chi connectivity index (χ2n) is 5.45. The number of benzene rings is 1. The second kappa shape index (κ2) is 8.98. The summed E-state index contributed by atoms with van der Waals surface area (Å²) >= 11 is 0. The van der Waals surface area contributed by atoms with Crippen LogP contribution in [0, 0.1) is 5.92 Å². The fraction of sp³-hybridized carbons (Fsp3) is 0.562. The average molecular weight is 297 g/mol. The molecular formula is C16H25ClN2O. The molecule has 4 heteroatoms. The molecule has 0 aromatic heterocycles. The van der Waals surface area contributed by atoms with E-state index in [4.69, 9.17) is 5.73 Å². The van der Waals surface area contributed by atoms with E-state index in [1.54, 1.807) is 0 Å². The molecule has 20 heavy (non-hydrogen) atoms. The van der Waals surface area contributed by atoms with Crippen molar-refractivity contribution in [3.63, 3.8) is 0 Å². The van der Waals surface area contributed by atoms with Gasteiger partial charge in [0.25, 0.3) is 0 Å². The first-order valence-electron chi connectivity index (χ1n) is 7.33. The van der Waals surface area contributed by atoms with E-state index in [9.17, 15) is 4.79 Å². The summed E-state index contributed by atoms with van der Waals surface area (Å²) in [6.45, 7) is 0.589. The van der Waals surface area contributed by atoms with Crippen molar-refractivity contribution in [3.8, 4) is 0 Å². The fourth-order valence-corrected chi connectivity index (χ4v) is 2.93. The number of carbonyl (C=O) groups excluding carboxylic acids is 1. The molecule has 1 aliphatic rings. The number of amides is 1. The van der Waals surface area contributed by atoms with Gasteiger partial charge in [0.1, 0.15) is 0 Å². The van der Waals surface area contributed by atoms with Crippen molar-refractivity contribution in [3.05, 3.63) is 35.9 Å². The minimum atomic E-state index is 0. The minimum absolute atomic E-state index is 0. The monoisotopic (exact) mass is 296 g/mol. The third kappa shape index (κ3) is 5.14. The zero-order valence-electron chi connectivity index (χ0n) is 11.9. The van der Waals surface area contributed by atoms with Gasteiger partial charge >= 0.3 is 0 Å². The summed E-state index contributed by atoms with van der Waals surface area (Å²) in [5, 5.41) is 3.19. The zero-order chi connectivity index (χ0) is 13.5. The lowest BCUT2D eigenvalue weighted by Gasteiger charge is -2.21. The van der Waals surface area contributed by atoms with E-state index < -0.39 is 0 Å². The third-order valence-electron chi connectivity index (χ3n) is 3.95. The molecule has 1 fully saturated rings. The molecule has 0 saturated heterocycles. The molecule has 3 nitrogen and oxygen atoms in total. The standard InChI is InChI=1S/C16H24N2O.ClH/c17-11-5-10-16(19)18-15-9-4-8-14(15)12-13-6-2-1-3-7-13;/h1-3,6-7,14-15H,4-5,8-12,17H2,(H,18,19);1H. The topological polar surface area (TPSA) is 55.1 Å². The zero-order valence-corrected chi connectivity index (χ0v) is 12.7. The lowest BCUT2D eigenvalue weighted by atomic mass is 9.94. The Kier molecular flexibility index (Phi) is 7.63. The summed E-state index contributed by atoms with van der Waals surface area (Å²) < 4.78 is 0. The van der Waals surface area contributed by atoms with Gasteiger partial charge in [0.15, 0.2) is 0 Å². The maximum absolute atomic E-state index is 11.8. The number of nitrogens with one attached hydrogen (secondary N) is 1. The van der Waals surface area contributed by atoms with E-state index in [1.165, 1.54) is 18.4 Å². The van der Waals surface area contributed by atoms with Crippen molar-refractivity contribution in [2.75, 3.05) is 6.54 Å². The van der Waals surface area contributed by atoms with Gasteiger partial charge in [-0.25, -0.2) is 0 Å². The number of nitrogens with two attached hydrogens (primary N) is 1. The Morgan fingerprint density at radius 3 is 2.70 bits per heavy atom. The fourth-order valence-electron chi connectivity index (χ4n) is 2.93. The molecule has 2 atom stereocenters. The average Bonchev–Trinajstić information content (AvgIpc) is 2.85. The van der Waals surface area contributed by atoms with E-state index in [1.807, 2.05) is 6.07 Å². The molecule has 2 rings (SSSR count). The van der Waals surface area contributed by atoms with Gasteiger partial charge in [-0.15, -0.1) is 12.4 Å². The van der Waals surface area contributed by atoms with Crippen molar-refractivity contribution in [2.45, 2.75) is 44.6 Å². The van der Waals surface area contributed by atoms with Crippen LogP contribution in [0.4, 0.5) is 0 Å². The first-order chi connectivity index (χ1) is 9.29. The highest BCUT2D eigenvalue weighted by atomic mass is 35.5. The number of halogens is 1. The van der Waals surface area contributed by atoms with Gasteiger partial charge in [0.2, 0.25) is 5.91 Å². The highest BCUT2D eigenvalue weighted by molar-refractivity contribution is 5.85. The van der Waals surface area contributed by atoms with E-state index in [0.29, 0.717) is 24.9 Å². The van der Waals surface area contributed by atoms with Crippen LogP contribution in [0.2, 0.25) is 0 Å². The van der Waals surface area contributed by atoms with Gasteiger partial charge < -0.3 is 11.1 Å². The summed E-state index contributed by atoms with van der Waals surface area (Å²) in [6.07, 6.45) is 5.97. The maximum Gasteiger partial charge on any atom is 0.220 e. The van der Waals surface area contributed by atoms with E-state index >= 15 is 0 Å². The summed E-state index contributed by atoms with van der Waals surface area (Å²) in [4.78, 5) is 11.8. The van der Waals surface area contributed by atoms with Crippen LogP contribution in [0.15, 0.2) is 30.3 Å². The largest absolute Gasteiger partial charge is 0.353 e. The lowest BCUT2D eigenvalue weighted by Crippen LogP contribution is -2.38. The molecule has 2 unspecified atom stereocenters. The highest BCUT2D eigenvalue weighted by Gasteiger charge is 2.28. The van der Waals surface area contributed by atoms with Crippen LogP contribution in [-0.2, 0) is 11.2 Å². The van der Waals surface area contributed by atoms with E-state index in [-0.39, 0.29) is 18.3 Å². The van der Waals surface area contributed by atoms with Gasteiger partial charge in [-0.2, -0.15) is 0 Å². The van der Waals surface area contributed by atoms with E-state index in [0.717, 1.165) is 19.3 Å². The van der Waals surface area contributed by atoms with Crippen LogP contribution in [-0.4, -0.2) is 18.5 Å². The second-order valence-corrected chi connectivity index (χ2v) is 5.45. The lowest BCUT2D eigenvalue weighted by molar-refractivity contribution is -0.122. The Hall–Kier alpha value is -1.06. The number of rotatable bonds is 6. The predicted octanol–water partition coefficient (Wildman–Crippen LogP) is 2.67. The van der Waals surface area contributed by atoms with Crippen LogP contribution < -0.4 is 11.1 Å². The summed E-state index contributed by atoms with van der Waals surface area (Å²) in [5.41, 5.74) is 6.81. The number of carbonyl (C=O) groups is 1. The molecule has 1 aliphatic carbocycles. The Morgan fingerprint density at radius 1 is 1.25 bits per heavy atom. The SMILES string of the molecule is Cl.NCCCC(=O)NC1CCCC1Cc1ccccc1. The molecule has 1 aromatic rings. The Labute approximate surface area is 127 Å². The van der Waals surface area contributed by atoms with Crippen molar-refractivity contribution < 1.29 is 4.79 Å². The van der Waals surface area contributed by atoms with Crippen LogP contribution in [0.5, 0.6) is 0 Å². The van der Waals surface area contributed by atoms with Crippen LogP contribution >= 0.6 is 12.4 Å². The molecule has 0 heterocycles. The molecule has 1 saturated carbocycles. The van der Waals surface area contributed by atoms with Crippen LogP contribution in [0.3, 0.4) is 0 Å². The number of hydrogen-bond donors (Lipinski definition) is 2. The normalized spacial score (nSPS) is 21.2. The van der Waals surface area contributed by atoms with E-state index in [2.05, 4.69) is 29.6 Å². The first kappa shape index (κ1) is 17.0. The highest BCUT2D eigenvalue weighted by Crippen LogP contribution is 2.28. The maximum atomic E-state index is 11.8. The third-order valence-corrected chi connectivity index (χ3v) is 3.95. The molecule has 0 radical (unpaired) electrons. The molecule has 3 N–H and O–H groups in total. The minimum Gasteiger partial charge on any atom is -0.353 e. The van der Waals surface area contributed by atoms with Gasteiger partial charge in [-0.05, 0) is 43.7 Å². The smallest absolute Gasteiger partial charge is 0.220 e. The molecular weight excluding hydrogens is 272 g/mol. The first-order valence-corrected chi connectivity index (χ1v) is 7.33. The molecule has 0 bridgehead atoms.